The lowest BCUT2D eigenvalue weighted by molar-refractivity contribution is 0.420. The van der Waals surface area contributed by atoms with Crippen LogP contribution in [0.5, 0.6) is 0 Å². The summed E-state index contributed by atoms with van der Waals surface area (Å²) in [4.78, 5) is 4.57. The normalized spacial score (nSPS) is 11.4. The van der Waals surface area contributed by atoms with Crippen molar-refractivity contribution in [1.29, 1.82) is 0 Å². The van der Waals surface area contributed by atoms with E-state index in [9.17, 15) is 0 Å². The molecule has 4 aromatic rings. The van der Waals surface area contributed by atoms with Gasteiger partial charge in [-0.1, -0.05) is 79.1 Å². The van der Waals surface area contributed by atoms with E-state index in [1.54, 1.807) is 0 Å². The van der Waals surface area contributed by atoms with E-state index in [0.717, 1.165) is 33.3 Å². The minimum atomic E-state index is 0.282. The molecule has 3 nitrogen and oxygen atoms in total. The number of rotatable bonds is 3. The lowest BCUT2D eigenvalue weighted by atomic mass is 9.95. The van der Waals surface area contributed by atoms with Crippen molar-refractivity contribution in [2.24, 2.45) is 0 Å². The van der Waals surface area contributed by atoms with Gasteiger partial charge in [0.05, 0.1) is 16.8 Å². The summed E-state index contributed by atoms with van der Waals surface area (Å²) in [5, 5.41) is 5.64. The summed E-state index contributed by atoms with van der Waals surface area (Å²) in [6.07, 6.45) is 0. The average molecular weight is 349 g/mol. The zero-order chi connectivity index (χ0) is 17.4. The molecule has 25 heavy (non-hydrogen) atoms. The van der Waals surface area contributed by atoms with Crippen LogP contribution in [0.1, 0.15) is 25.5 Å². The van der Waals surface area contributed by atoms with Crippen molar-refractivity contribution in [2.75, 3.05) is 0 Å². The highest BCUT2D eigenvalue weighted by Gasteiger charge is 2.21. The lowest BCUT2D eigenvalue weighted by Gasteiger charge is -2.13. The van der Waals surface area contributed by atoms with Gasteiger partial charge < -0.3 is 4.52 Å². The molecule has 0 fully saturated rings. The molecule has 4 rings (SSSR count). The summed E-state index contributed by atoms with van der Waals surface area (Å²) in [5.74, 6) is 0.927. The highest BCUT2D eigenvalue weighted by atomic mass is 35.5. The van der Waals surface area contributed by atoms with Crippen molar-refractivity contribution in [2.45, 2.75) is 19.8 Å². The highest BCUT2D eigenvalue weighted by molar-refractivity contribution is 6.33. The fourth-order valence-corrected chi connectivity index (χ4v) is 3.27. The van der Waals surface area contributed by atoms with Gasteiger partial charge in [-0.25, -0.2) is 4.98 Å². The predicted octanol–water partition coefficient (Wildman–Crippen LogP) is 6.33. The Morgan fingerprint density at radius 1 is 0.920 bits per heavy atom. The Kier molecular flexibility index (Phi) is 4.02. The zero-order valence-corrected chi connectivity index (χ0v) is 14.8. The molecule has 4 heteroatoms. The van der Waals surface area contributed by atoms with Crippen LogP contribution in [-0.4, -0.2) is 10.1 Å². The van der Waals surface area contributed by atoms with Gasteiger partial charge in [0.2, 0.25) is 0 Å². The summed E-state index contributed by atoms with van der Waals surface area (Å²) < 4.78 is 5.63. The third kappa shape index (κ3) is 2.81. The SMILES string of the molecule is CC(C)c1cc(-c2c(Cl)nc3ccccc3c2-c2ccccc2)on1. The van der Waals surface area contributed by atoms with Gasteiger partial charge in [-0.3, -0.25) is 0 Å². The lowest BCUT2D eigenvalue weighted by Crippen LogP contribution is -1.92. The second-order valence-corrected chi connectivity index (χ2v) is 6.66. The molecule has 2 aromatic carbocycles. The third-order valence-corrected chi connectivity index (χ3v) is 4.55. The summed E-state index contributed by atoms with van der Waals surface area (Å²) in [5.41, 5.74) is 4.63. The Balaban J connectivity index is 2.07. The molecule has 0 unspecified atom stereocenters. The van der Waals surface area contributed by atoms with Crippen molar-refractivity contribution >= 4 is 22.5 Å². The third-order valence-electron chi connectivity index (χ3n) is 4.28. The van der Waals surface area contributed by atoms with Crippen LogP contribution in [0.3, 0.4) is 0 Å². The number of nitrogens with zero attached hydrogens (tertiary/aromatic N) is 2. The highest BCUT2D eigenvalue weighted by Crippen LogP contribution is 2.41. The van der Waals surface area contributed by atoms with Gasteiger partial charge in [-0.2, -0.15) is 0 Å². The molecule has 0 saturated carbocycles. The molecule has 0 aliphatic heterocycles. The molecule has 0 radical (unpaired) electrons. The average Bonchev–Trinajstić information content (AvgIpc) is 3.11. The van der Waals surface area contributed by atoms with E-state index >= 15 is 0 Å². The Bertz CT molecular complexity index is 1040. The van der Waals surface area contributed by atoms with Crippen molar-refractivity contribution < 1.29 is 4.52 Å². The summed E-state index contributed by atoms with van der Waals surface area (Å²) >= 11 is 6.58. The molecular weight excluding hydrogens is 332 g/mol. The van der Waals surface area contributed by atoms with Gasteiger partial charge in [0.25, 0.3) is 0 Å². The Morgan fingerprint density at radius 2 is 1.64 bits per heavy atom. The van der Waals surface area contributed by atoms with Crippen LogP contribution in [0, 0.1) is 0 Å². The van der Waals surface area contributed by atoms with Gasteiger partial charge in [-0.15, -0.1) is 0 Å². The van der Waals surface area contributed by atoms with Crippen molar-refractivity contribution in [3.63, 3.8) is 0 Å². The first-order chi connectivity index (χ1) is 12.1. The fraction of sp³-hybridized carbons (Fsp3) is 0.143. The molecule has 2 heterocycles. The molecule has 2 aromatic heterocycles. The van der Waals surface area contributed by atoms with E-state index in [0.29, 0.717) is 10.9 Å². The first-order valence-electron chi connectivity index (χ1n) is 8.26. The van der Waals surface area contributed by atoms with Crippen LogP contribution in [0.2, 0.25) is 5.15 Å². The molecule has 0 atom stereocenters. The number of aromatic nitrogens is 2. The number of fused-ring (bicyclic) bond motifs is 1. The fourth-order valence-electron chi connectivity index (χ4n) is 2.99. The maximum Gasteiger partial charge on any atom is 0.170 e. The largest absolute Gasteiger partial charge is 0.356 e. The van der Waals surface area contributed by atoms with Crippen LogP contribution in [0.15, 0.2) is 65.2 Å². The second kappa shape index (κ2) is 6.34. The number of halogens is 1. The van der Waals surface area contributed by atoms with Crippen LogP contribution in [0.25, 0.3) is 33.4 Å². The monoisotopic (exact) mass is 348 g/mol. The number of hydrogen-bond acceptors (Lipinski definition) is 3. The van der Waals surface area contributed by atoms with Crippen LogP contribution < -0.4 is 0 Å². The minimum absolute atomic E-state index is 0.282. The maximum atomic E-state index is 6.58. The van der Waals surface area contributed by atoms with Crippen LogP contribution >= 0.6 is 11.6 Å². The van der Waals surface area contributed by atoms with Crippen molar-refractivity contribution in [1.82, 2.24) is 10.1 Å². The maximum absolute atomic E-state index is 6.58. The summed E-state index contributed by atoms with van der Waals surface area (Å²) in [6, 6.07) is 20.1. The van der Waals surface area contributed by atoms with E-state index in [2.05, 4.69) is 42.2 Å². The molecular formula is C21H17ClN2O. The number of hydrogen-bond donors (Lipinski definition) is 0. The van der Waals surface area contributed by atoms with Gasteiger partial charge in [0, 0.05) is 17.0 Å². The molecule has 0 amide bonds. The van der Waals surface area contributed by atoms with E-state index in [-0.39, 0.29) is 5.92 Å². The molecule has 0 spiro atoms. The molecule has 0 aliphatic carbocycles. The topological polar surface area (TPSA) is 38.9 Å². The van der Waals surface area contributed by atoms with Crippen molar-refractivity contribution in [3.8, 4) is 22.5 Å². The Hall–Kier alpha value is -2.65. The summed E-state index contributed by atoms with van der Waals surface area (Å²) in [6.45, 7) is 4.17. The van der Waals surface area contributed by atoms with E-state index in [1.165, 1.54) is 0 Å². The van der Waals surface area contributed by atoms with Gasteiger partial charge >= 0.3 is 0 Å². The molecule has 0 saturated heterocycles. The van der Waals surface area contributed by atoms with E-state index in [4.69, 9.17) is 16.1 Å². The van der Waals surface area contributed by atoms with Gasteiger partial charge in [0.1, 0.15) is 5.15 Å². The van der Waals surface area contributed by atoms with E-state index < -0.39 is 0 Å². The molecule has 0 bridgehead atoms. The number of pyridine rings is 1. The Labute approximate surface area is 151 Å². The van der Waals surface area contributed by atoms with Crippen LogP contribution in [-0.2, 0) is 0 Å². The van der Waals surface area contributed by atoms with Gasteiger partial charge in [-0.05, 0) is 17.5 Å². The first-order valence-corrected chi connectivity index (χ1v) is 8.63. The second-order valence-electron chi connectivity index (χ2n) is 6.31. The number of benzene rings is 2. The predicted molar refractivity (Wildman–Crippen MR) is 102 cm³/mol. The molecule has 0 aliphatic rings. The minimum Gasteiger partial charge on any atom is -0.356 e. The molecule has 124 valence electrons. The smallest absolute Gasteiger partial charge is 0.170 e. The standard InChI is InChI=1S/C21H17ClN2O/c1-13(2)17-12-18(25-24-17)20-19(14-8-4-3-5-9-14)15-10-6-7-11-16(15)23-21(20)22/h3-13H,1-2H3. The van der Waals surface area contributed by atoms with E-state index in [1.807, 2.05) is 42.5 Å². The van der Waals surface area contributed by atoms with Crippen LogP contribution in [0.4, 0.5) is 0 Å². The first kappa shape index (κ1) is 15.9. The molecule has 0 N–H and O–H groups in total. The number of para-hydroxylation sites is 1. The quantitative estimate of drug-likeness (QED) is 0.406. The van der Waals surface area contributed by atoms with Crippen molar-refractivity contribution in [3.05, 3.63) is 71.5 Å². The zero-order valence-electron chi connectivity index (χ0n) is 14.0. The van der Waals surface area contributed by atoms with Gasteiger partial charge in [0.15, 0.2) is 5.76 Å². The summed E-state index contributed by atoms with van der Waals surface area (Å²) in [7, 11) is 0. The Morgan fingerprint density at radius 3 is 2.36 bits per heavy atom.